The van der Waals surface area contributed by atoms with E-state index in [2.05, 4.69) is 15.8 Å². The van der Waals surface area contributed by atoms with Gasteiger partial charge in [0.25, 0.3) is 5.91 Å². The van der Waals surface area contributed by atoms with Crippen LogP contribution < -0.4 is 20.2 Å². The second-order valence-electron chi connectivity index (χ2n) is 4.89. The van der Waals surface area contributed by atoms with Crippen molar-refractivity contribution in [3.05, 3.63) is 48.0 Å². The Morgan fingerprint density at radius 2 is 1.65 bits per heavy atom. The molecule has 0 bridgehead atoms. The molecular weight excluding hydrogens is 334 g/mol. The molecule has 26 heavy (non-hydrogen) atoms. The minimum atomic E-state index is -0.350. The van der Waals surface area contributed by atoms with Crippen molar-refractivity contribution in [2.45, 2.75) is 0 Å². The fraction of sp³-hybridized carbons (Fsp3) is 0.111. The summed E-state index contributed by atoms with van der Waals surface area (Å²) in [6, 6.07) is 14.9. The molecule has 0 aromatic heterocycles. The van der Waals surface area contributed by atoms with Gasteiger partial charge in [-0.3, -0.25) is 10.2 Å². The molecule has 8 heteroatoms. The second kappa shape index (κ2) is 8.71. The first-order valence-electron chi connectivity index (χ1n) is 7.38. The maximum Gasteiger partial charge on any atom is 0.259 e. The monoisotopic (exact) mass is 349 g/mol. The highest BCUT2D eigenvalue weighted by molar-refractivity contribution is 6.10. The van der Waals surface area contributed by atoms with Gasteiger partial charge >= 0.3 is 0 Å². The lowest BCUT2D eigenvalue weighted by atomic mass is 10.1. The summed E-state index contributed by atoms with van der Waals surface area (Å²) in [7, 11) is 3.00. The van der Waals surface area contributed by atoms with Crippen LogP contribution in [0.3, 0.4) is 0 Å². The van der Waals surface area contributed by atoms with Crippen LogP contribution in [0, 0.1) is 22.7 Å². The molecule has 0 fully saturated rings. The number of ether oxygens (including phenoxy) is 2. The topological polar surface area (TPSA) is 120 Å². The van der Waals surface area contributed by atoms with Gasteiger partial charge in [-0.15, -0.1) is 0 Å². The molecule has 0 heterocycles. The molecule has 2 rings (SSSR count). The molecular formula is C18H15N5O3. The molecule has 2 N–H and O–H groups in total. The zero-order valence-electron chi connectivity index (χ0n) is 14.1. The van der Waals surface area contributed by atoms with Gasteiger partial charge in [0.2, 0.25) is 5.71 Å². The summed E-state index contributed by atoms with van der Waals surface area (Å²) >= 11 is 0. The molecule has 0 aliphatic rings. The van der Waals surface area contributed by atoms with Gasteiger partial charge < -0.3 is 14.8 Å². The number of rotatable bonds is 6. The highest BCUT2D eigenvalue weighted by Gasteiger charge is 2.13. The average Bonchev–Trinajstić information content (AvgIpc) is 2.69. The van der Waals surface area contributed by atoms with Crippen LogP contribution in [0.25, 0.3) is 0 Å². The zero-order valence-corrected chi connectivity index (χ0v) is 14.1. The normalized spacial score (nSPS) is 9.23. The van der Waals surface area contributed by atoms with E-state index >= 15 is 0 Å². The Morgan fingerprint density at radius 1 is 1.00 bits per heavy atom. The van der Waals surface area contributed by atoms with E-state index in [4.69, 9.17) is 20.0 Å². The Balaban J connectivity index is 2.18. The maximum atomic E-state index is 12.5. The van der Waals surface area contributed by atoms with E-state index < -0.39 is 0 Å². The summed E-state index contributed by atoms with van der Waals surface area (Å²) in [5.41, 5.74) is 3.64. The molecule has 1 amide bonds. The number of anilines is 2. The third-order valence-corrected chi connectivity index (χ3v) is 3.30. The van der Waals surface area contributed by atoms with Crippen LogP contribution in [0.1, 0.15) is 10.4 Å². The largest absolute Gasteiger partial charge is 0.497 e. The van der Waals surface area contributed by atoms with E-state index in [1.165, 1.54) is 7.11 Å². The van der Waals surface area contributed by atoms with Crippen molar-refractivity contribution in [3.63, 3.8) is 0 Å². The molecule has 8 nitrogen and oxygen atoms in total. The number of carbonyl (C=O) groups excluding carboxylic acids is 1. The van der Waals surface area contributed by atoms with Crippen LogP contribution in [-0.2, 0) is 0 Å². The van der Waals surface area contributed by atoms with E-state index in [0.29, 0.717) is 28.4 Å². The number of methoxy groups -OCH3 is 2. The van der Waals surface area contributed by atoms with Gasteiger partial charge in [-0.1, -0.05) is 0 Å². The minimum Gasteiger partial charge on any atom is -0.497 e. The predicted octanol–water partition coefficient (Wildman–Crippen LogP) is 2.77. The average molecular weight is 349 g/mol. The Kier molecular flexibility index (Phi) is 6.13. The summed E-state index contributed by atoms with van der Waals surface area (Å²) < 4.78 is 10.3. The number of hydrazone groups is 1. The SMILES string of the molecule is COc1ccc(NC(=O)c2ccc(NN=C(C#N)C#N)cc2OC)cc1. The van der Waals surface area contributed by atoms with E-state index in [1.54, 1.807) is 61.7 Å². The van der Waals surface area contributed by atoms with Gasteiger partial charge in [-0.25, -0.2) is 0 Å². The molecule has 2 aromatic carbocycles. The number of nitrogens with zero attached hydrogens (tertiary/aromatic N) is 3. The lowest BCUT2D eigenvalue weighted by Crippen LogP contribution is -2.13. The number of carbonyl (C=O) groups is 1. The number of amides is 1. The van der Waals surface area contributed by atoms with Gasteiger partial charge in [0.1, 0.15) is 23.6 Å². The Morgan fingerprint density at radius 3 is 2.23 bits per heavy atom. The highest BCUT2D eigenvalue weighted by atomic mass is 16.5. The standard InChI is InChI=1S/C18H15N5O3/c1-25-15-6-3-12(4-7-15)21-18(24)16-8-5-13(9-17(16)26-2)22-23-14(10-19)11-20/h3-9,22H,1-2H3,(H,21,24). The van der Waals surface area contributed by atoms with Crippen molar-refractivity contribution in [1.82, 2.24) is 0 Å². The van der Waals surface area contributed by atoms with Crippen molar-refractivity contribution in [2.24, 2.45) is 5.10 Å². The van der Waals surface area contributed by atoms with E-state index in [-0.39, 0.29) is 11.6 Å². The lowest BCUT2D eigenvalue weighted by Gasteiger charge is -2.11. The molecule has 0 spiro atoms. The van der Waals surface area contributed by atoms with Crippen molar-refractivity contribution in [3.8, 4) is 23.6 Å². The molecule has 2 aromatic rings. The summed E-state index contributed by atoms with van der Waals surface area (Å²) in [5.74, 6) is 0.647. The molecule has 0 unspecified atom stereocenters. The molecule has 0 radical (unpaired) electrons. The summed E-state index contributed by atoms with van der Waals surface area (Å²) in [5, 5.41) is 23.7. The first-order chi connectivity index (χ1) is 12.6. The minimum absolute atomic E-state index is 0.312. The van der Waals surface area contributed by atoms with Crippen LogP contribution in [0.5, 0.6) is 11.5 Å². The first-order valence-corrected chi connectivity index (χ1v) is 7.38. The Labute approximate surface area is 150 Å². The van der Waals surface area contributed by atoms with Gasteiger partial charge in [0.15, 0.2) is 0 Å². The van der Waals surface area contributed by atoms with Crippen LogP contribution in [0.4, 0.5) is 11.4 Å². The predicted molar refractivity (Wildman–Crippen MR) is 96.2 cm³/mol. The van der Waals surface area contributed by atoms with Gasteiger partial charge in [0, 0.05) is 11.8 Å². The lowest BCUT2D eigenvalue weighted by molar-refractivity contribution is 0.102. The van der Waals surface area contributed by atoms with Crippen LogP contribution in [0.15, 0.2) is 47.6 Å². The second-order valence-corrected chi connectivity index (χ2v) is 4.89. The molecule has 0 saturated carbocycles. The third kappa shape index (κ3) is 4.49. The Bertz CT molecular complexity index is 892. The molecule has 0 aliphatic carbocycles. The van der Waals surface area contributed by atoms with E-state index in [1.807, 2.05) is 0 Å². The highest BCUT2D eigenvalue weighted by Crippen LogP contribution is 2.25. The van der Waals surface area contributed by atoms with Gasteiger partial charge in [-0.2, -0.15) is 15.6 Å². The number of hydrogen-bond donors (Lipinski definition) is 2. The number of nitriles is 2. The fourth-order valence-corrected chi connectivity index (χ4v) is 2.02. The van der Waals surface area contributed by atoms with Gasteiger partial charge in [-0.05, 0) is 36.4 Å². The van der Waals surface area contributed by atoms with Crippen molar-refractivity contribution < 1.29 is 14.3 Å². The van der Waals surface area contributed by atoms with Crippen LogP contribution >= 0.6 is 0 Å². The van der Waals surface area contributed by atoms with Gasteiger partial charge in [0.05, 0.1) is 25.5 Å². The number of hydrogen-bond acceptors (Lipinski definition) is 7. The van der Waals surface area contributed by atoms with Crippen molar-refractivity contribution in [1.29, 1.82) is 10.5 Å². The molecule has 0 atom stereocenters. The molecule has 130 valence electrons. The maximum absolute atomic E-state index is 12.5. The summed E-state index contributed by atoms with van der Waals surface area (Å²) in [6.45, 7) is 0. The van der Waals surface area contributed by atoms with E-state index in [9.17, 15) is 4.79 Å². The summed E-state index contributed by atoms with van der Waals surface area (Å²) in [6.07, 6.45) is 0. The van der Waals surface area contributed by atoms with Crippen LogP contribution in [-0.4, -0.2) is 25.8 Å². The molecule has 0 saturated heterocycles. The summed E-state index contributed by atoms with van der Waals surface area (Å²) in [4.78, 5) is 12.5. The van der Waals surface area contributed by atoms with Crippen molar-refractivity contribution >= 4 is 23.0 Å². The molecule has 0 aliphatic heterocycles. The number of benzene rings is 2. The smallest absolute Gasteiger partial charge is 0.259 e. The van der Waals surface area contributed by atoms with E-state index in [0.717, 1.165) is 0 Å². The third-order valence-electron chi connectivity index (χ3n) is 3.30. The van der Waals surface area contributed by atoms with Crippen LogP contribution in [0.2, 0.25) is 0 Å². The van der Waals surface area contributed by atoms with Crippen molar-refractivity contribution in [2.75, 3.05) is 25.0 Å². The first kappa shape index (κ1) is 18.3. The zero-order chi connectivity index (χ0) is 18.9. The Hall–Kier alpha value is -4.04. The quantitative estimate of drug-likeness (QED) is 0.611. The fourth-order valence-electron chi connectivity index (χ4n) is 2.02. The number of nitrogens with one attached hydrogen (secondary N) is 2.